The van der Waals surface area contributed by atoms with Gasteiger partial charge in [-0.2, -0.15) is 5.26 Å². The zero-order chi connectivity index (χ0) is 10.3. The molecule has 0 aromatic heterocycles. The van der Waals surface area contributed by atoms with E-state index in [4.69, 9.17) is 0 Å². The van der Waals surface area contributed by atoms with Crippen molar-refractivity contribution in [2.75, 3.05) is 6.54 Å². The maximum Gasteiger partial charge on any atom is 0.0725 e. The lowest BCUT2D eigenvalue weighted by molar-refractivity contribution is 0.496. The van der Waals surface area contributed by atoms with Gasteiger partial charge in [0.05, 0.1) is 12.0 Å². The first-order valence-corrected chi connectivity index (χ1v) is 5.55. The van der Waals surface area contributed by atoms with Crippen molar-refractivity contribution in [3.8, 4) is 6.07 Å². The molecule has 1 N–H and O–H groups in total. The van der Waals surface area contributed by atoms with Crippen LogP contribution in [0.25, 0.3) is 0 Å². The van der Waals surface area contributed by atoms with Crippen LogP contribution in [0.1, 0.15) is 24.3 Å². The zero-order valence-corrected chi connectivity index (χ0v) is 8.61. The molecule has 1 saturated heterocycles. The zero-order valence-electron chi connectivity index (χ0n) is 8.61. The van der Waals surface area contributed by atoms with Gasteiger partial charge in [0.1, 0.15) is 0 Å². The first-order chi connectivity index (χ1) is 7.36. The molecule has 1 saturated carbocycles. The van der Waals surface area contributed by atoms with Gasteiger partial charge >= 0.3 is 0 Å². The second kappa shape index (κ2) is 3.08. The summed E-state index contributed by atoms with van der Waals surface area (Å²) in [6.07, 6.45) is 2.35. The van der Waals surface area contributed by atoms with Gasteiger partial charge in [0, 0.05) is 18.0 Å². The van der Waals surface area contributed by atoms with E-state index in [9.17, 15) is 5.26 Å². The van der Waals surface area contributed by atoms with Crippen LogP contribution in [-0.4, -0.2) is 12.1 Å². The van der Waals surface area contributed by atoms with Gasteiger partial charge in [-0.05, 0) is 18.4 Å². The van der Waals surface area contributed by atoms with Crippen molar-refractivity contribution in [3.05, 3.63) is 35.9 Å². The highest BCUT2D eigenvalue weighted by Gasteiger charge is 2.56. The summed E-state index contributed by atoms with van der Waals surface area (Å²) in [7, 11) is 0. The predicted molar refractivity (Wildman–Crippen MR) is 58.3 cm³/mol. The van der Waals surface area contributed by atoms with E-state index >= 15 is 0 Å². The molecule has 2 aliphatic rings. The van der Waals surface area contributed by atoms with Gasteiger partial charge in [-0.15, -0.1) is 0 Å². The topological polar surface area (TPSA) is 35.8 Å². The number of nitrogens with zero attached hydrogens (tertiary/aromatic N) is 1. The number of hydrogen-bond acceptors (Lipinski definition) is 2. The van der Waals surface area contributed by atoms with Gasteiger partial charge in [0.15, 0.2) is 0 Å². The van der Waals surface area contributed by atoms with Gasteiger partial charge < -0.3 is 5.32 Å². The standard InChI is InChI=1S/C13H14N2/c14-8-12-11(9-15-13(12)6-7-13)10-4-2-1-3-5-10/h1-5,11-12,15H,6-7,9H2/t11-,12-/m1/s1. The Labute approximate surface area is 89.9 Å². The Bertz CT molecular complexity index is 400. The van der Waals surface area contributed by atoms with Crippen LogP contribution in [0, 0.1) is 17.2 Å². The lowest BCUT2D eigenvalue weighted by Crippen LogP contribution is -2.28. The van der Waals surface area contributed by atoms with E-state index in [0.717, 1.165) is 6.54 Å². The molecule has 1 aromatic carbocycles. The number of nitrogens with one attached hydrogen (secondary N) is 1. The summed E-state index contributed by atoms with van der Waals surface area (Å²) in [4.78, 5) is 0. The second-order valence-electron chi connectivity index (χ2n) is 4.66. The molecule has 0 unspecified atom stereocenters. The minimum atomic E-state index is 0.167. The van der Waals surface area contributed by atoms with Crippen molar-refractivity contribution >= 4 is 0 Å². The summed E-state index contributed by atoms with van der Waals surface area (Å²) >= 11 is 0. The van der Waals surface area contributed by atoms with Gasteiger partial charge in [0.2, 0.25) is 0 Å². The van der Waals surface area contributed by atoms with Gasteiger partial charge in [-0.1, -0.05) is 30.3 Å². The molecule has 2 atom stereocenters. The average Bonchev–Trinajstić information content (AvgIpc) is 2.95. The van der Waals surface area contributed by atoms with E-state index in [-0.39, 0.29) is 11.5 Å². The number of nitriles is 1. The fourth-order valence-electron chi connectivity index (χ4n) is 2.77. The molecule has 0 bridgehead atoms. The Morgan fingerprint density at radius 1 is 1.27 bits per heavy atom. The monoisotopic (exact) mass is 198 g/mol. The Kier molecular flexibility index (Phi) is 1.83. The minimum Gasteiger partial charge on any atom is -0.309 e. The highest BCUT2D eigenvalue weighted by Crippen LogP contribution is 2.51. The van der Waals surface area contributed by atoms with Crippen LogP contribution in [-0.2, 0) is 0 Å². The molecule has 15 heavy (non-hydrogen) atoms. The molecule has 2 heteroatoms. The quantitative estimate of drug-likeness (QED) is 0.749. The summed E-state index contributed by atoms with van der Waals surface area (Å²) in [5, 5.41) is 12.8. The van der Waals surface area contributed by atoms with Crippen LogP contribution in [0.2, 0.25) is 0 Å². The largest absolute Gasteiger partial charge is 0.309 e. The SMILES string of the molecule is N#C[C@@H]1[C@@H](c2ccccc2)CNC12CC2. The van der Waals surface area contributed by atoms with Crippen LogP contribution >= 0.6 is 0 Å². The molecule has 1 aliphatic carbocycles. The van der Waals surface area contributed by atoms with E-state index in [1.165, 1.54) is 18.4 Å². The van der Waals surface area contributed by atoms with Crippen molar-refractivity contribution < 1.29 is 0 Å². The highest BCUT2D eigenvalue weighted by molar-refractivity contribution is 5.31. The van der Waals surface area contributed by atoms with Gasteiger partial charge in [-0.3, -0.25) is 0 Å². The Hall–Kier alpha value is -1.33. The number of benzene rings is 1. The molecular formula is C13H14N2. The molecular weight excluding hydrogens is 184 g/mol. The first kappa shape index (κ1) is 8.94. The smallest absolute Gasteiger partial charge is 0.0725 e. The maximum atomic E-state index is 9.28. The lowest BCUT2D eigenvalue weighted by Gasteiger charge is -2.16. The van der Waals surface area contributed by atoms with Crippen molar-refractivity contribution in [2.24, 2.45) is 5.92 Å². The molecule has 1 spiro atoms. The summed E-state index contributed by atoms with van der Waals surface area (Å²) in [6.45, 7) is 0.961. The van der Waals surface area contributed by atoms with E-state index in [1.54, 1.807) is 0 Å². The summed E-state index contributed by atoms with van der Waals surface area (Å²) < 4.78 is 0. The fourth-order valence-corrected chi connectivity index (χ4v) is 2.77. The van der Waals surface area contributed by atoms with Crippen molar-refractivity contribution in [2.45, 2.75) is 24.3 Å². The van der Waals surface area contributed by atoms with Crippen molar-refractivity contribution in [3.63, 3.8) is 0 Å². The third-order valence-electron chi connectivity index (χ3n) is 3.83. The highest BCUT2D eigenvalue weighted by atomic mass is 15.1. The van der Waals surface area contributed by atoms with E-state index in [0.29, 0.717) is 5.92 Å². The van der Waals surface area contributed by atoms with E-state index in [2.05, 4.69) is 35.7 Å². The Morgan fingerprint density at radius 3 is 2.60 bits per heavy atom. The molecule has 2 nitrogen and oxygen atoms in total. The summed E-state index contributed by atoms with van der Waals surface area (Å²) in [5.41, 5.74) is 1.48. The van der Waals surface area contributed by atoms with Gasteiger partial charge in [0.25, 0.3) is 0 Å². The molecule has 0 amide bonds. The van der Waals surface area contributed by atoms with Gasteiger partial charge in [-0.25, -0.2) is 0 Å². The van der Waals surface area contributed by atoms with Crippen LogP contribution < -0.4 is 5.32 Å². The predicted octanol–water partition coefficient (Wildman–Crippen LogP) is 2.05. The van der Waals surface area contributed by atoms with Crippen LogP contribution in [0.4, 0.5) is 0 Å². The van der Waals surface area contributed by atoms with Crippen LogP contribution in [0.15, 0.2) is 30.3 Å². The molecule has 1 aromatic rings. The molecule has 2 fully saturated rings. The molecule has 1 heterocycles. The maximum absolute atomic E-state index is 9.28. The molecule has 76 valence electrons. The fraction of sp³-hybridized carbons (Fsp3) is 0.462. The first-order valence-electron chi connectivity index (χ1n) is 5.55. The van der Waals surface area contributed by atoms with E-state index in [1.807, 2.05) is 6.07 Å². The van der Waals surface area contributed by atoms with E-state index < -0.39 is 0 Å². The average molecular weight is 198 g/mol. The third kappa shape index (κ3) is 1.27. The molecule has 0 radical (unpaired) electrons. The molecule has 3 rings (SSSR count). The molecule has 1 aliphatic heterocycles. The Balaban J connectivity index is 1.92. The summed E-state index contributed by atoms with van der Waals surface area (Å²) in [6, 6.07) is 12.9. The number of rotatable bonds is 1. The summed E-state index contributed by atoms with van der Waals surface area (Å²) in [5.74, 6) is 0.554. The van der Waals surface area contributed by atoms with Crippen molar-refractivity contribution in [1.29, 1.82) is 5.26 Å². The normalized spacial score (nSPS) is 31.4. The number of hydrogen-bond donors (Lipinski definition) is 1. The third-order valence-corrected chi connectivity index (χ3v) is 3.83. The van der Waals surface area contributed by atoms with Crippen LogP contribution in [0.5, 0.6) is 0 Å². The van der Waals surface area contributed by atoms with Crippen molar-refractivity contribution in [1.82, 2.24) is 5.32 Å². The minimum absolute atomic E-state index is 0.167. The van der Waals surface area contributed by atoms with Crippen LogP contribution in [0.3, 0.4) is 0 Å². The second-order valence-corrected chi connectivity index (χ2v) is 4.66. The Morgan fingerprint density at radius 2 is 2.00 bits per heavy atom. The lowest BCUT2D eigenvalue weighted by atomic mass is 9.85.